The van der Waals surface area contributed by atoms with Gasteiger partial charge in [-0.05, 0) is 11.5 Å². The highest BCUT2D eigenvalue weighted by atomic mass is 19.1. The maximum atomic E-state index is 13.5. The number of rotatable bonds is 4. The molecule has 1 aliphatic rings. The number of carbonyl (C=O) groups is 2. The summed E-state index contributed by atoms with van der Waals surface area (Å²) in [7, 11) is 1.49. The number of hydrogen-bond donors (Lipinski definition) is 2. The average molecular weight is 404 g/mol. The van der Waals surface area contributed by atoms with E-state index < -0.39 is 29.4 Å². The Morgan fingerprint density at radius 3 is 2.69 bits per heavy atom. The number of hydrogen-bond acceptors (Lipinski definition) is 6. The average Bonchev–Trinajstić information content (AvgIpc) is 3.27. The Labute approximate surface area is 167 Å². The summed E-state index contributed by atoms with van der Waals surface area (Å²) in [6.45, 7) is 5.70. The van der Waals surface area contributed by atoms with Gasteiger partial charge in [-0.25, -0.2) is 9.07 Å². The van der Waals surface area contributed by atoms with Crippen molar-refractivity contribution in [2.24, 2.45) is 5.41 Å². The van der Waals surface area contributed by atoms with Gasteiger partial charge in [-0.1, -0.05) is 26.0 Å². The van der Waals surface area contributed by atoms with Crippen LogP contribution in [-0.2, 0) is 9.59 Å². The van der Waals surface area contributed by atoms with E-state index in [-0.39, 0.29) is 24.8 Å². The third-order valence-electron chi connectivity index (χ3n) is 4.94. The lowest BCUT2D eigenvalue weighted by atomic mass is 9.85. The summed E-state index contributed by atoms with van der Waals surface area (Å²) in [5.74, 6) is -1.16. The number of likely N-dealkylation sites (N-methyl/N-ethyl adjacent to an activating group) is 1. The van der Waals surface area contributed by atoms with Crippen LogP contribution in [0.25, 0.3) is 11.3 Å². The van der Waals surface area contributed by atoms with Crippen molar-refractivity contribution >= 4 is 11.8 Å². The molecule has 0 spiro atoms. The van der Waals surface area contributed by atoms with Crippen LogP contribution in [0.3, 0.4) is 0 Å². The van der Waals surface area contributed by atoms with Gasteiger partial charge in [-0.15, -0.1) is 5.10 Å². The maximum Gasteiger partial charge on any atom is 0.248 e. The van der Waals surface area contributed by atoms with Crippen molar-refractivity contribution in [3.8, 4) is 11.3 Å². The first-order chi connectivity index (χ1) is 13.6. The highest BCUT2D eigenvalue weighted by Crippen LogP contribution is 2.34. The van der Waals surface area contributed by atoms with E-state index in [4.69, 9.17) is 0 Å². The van der Waals surface area contributed by atoms with Crippen molar-refractivity contribution in [3.05, 3.63) is 30.5 Å². The molecule has 2 N–H and O–H groups in total. The van der Waals surface area contributed by atoms with Gasteiger partial charge in [0.2, 0.25) is 11.8 Å². The van der Waals surface area contributed by atoms with Crippen molar-refractivity contribution in [2.75, 3.05) is 13.6 Å². The molecule has 10 heteroatoms. The highest BCUT2D eigenvalue weighted by molar-refractivity contribution is 5.90. The number of amides is 2. The Morgan fingerprint density at radius 1 is 1.34 bits per heavy atom. The van der Waals surface area contributed by atoms with Crippen LogP contribution in [0.2, 0.25) is 0 Å². The molecule has 1 saturated heterocycles. The fourth-order valence-corrected chi connectivity index (χ4v) is 3.60. The molecule has 0 unspecified atom stereocenters. The lowest BCUT2D eigenvalue weighted by Crippen LogP contribution is -2.49. The zero-order chi connectivity index (χ0) is 21.3. The second kappa shape index (κ2) is 7.86. The van der Waals surface area contributed by atoms with Gasteiger partial charge in [0.15, 0.2) is 0 Å². The monoisotopic (exact) mass is 404 g/mol. The van der Waals surface area contributed by atoms with Crippen LogP contribution in [-0.4, -0.2) is 67.5 Å². The molecule has 3 heterocycles. The summed E-state index contributed by atoms with van der Waals surface area (Å²) < 4.78 is 14.9. The molecule has 2 aromatic heterocycles. The third kappa shape index (κ3) is 4.26. The first kappa shape index (κ1) is 20.8. The van der Waals surface area contributed by atoms with Gasteiger partial charge in [0, 0.05) is 31.8 Å². The zero-order valence-corrected chi connectivity index (χ0v) is 16.8. The molecule has 0 bridgehead atoms. The standard InChI is InChI=1S/C19H25FN6O3/c1-19(2,3)16(18(29)25-9-13(27)6-15(25)17(28)21-4)26-10-14(23-24-26)11-5-12(20)8-22-7-11/h5,7-8,10,13,15-16,27H,6,9H2,1-4H3,(H,21,28)/t13-,15+,16-/m1/s1. The summed E-state index contributed by atoms with van der Waals surface area (Å²) >= 11 is 0. The lowest BCUT2D eigenvalue weighted by Gasteiger charge is -2.34. The SMILES string of the molecule is CNC(=O)[C@@H]1C[C@@H](O)CN1C(=O)[C@@H](n1cc(-c2cncc(F)c2)nn1)C(C)(C)C. The van der Waals surface area contributed by atoms with Crippen molar-refractivity contribution in [1.82, 2.24) is 30.2 Å². The van der Waals surface area contributed by atoms with E-state index in [9.17, 15) is 19.1 Å². The van der Waals surface area contributed by atoms with Gasteiger partial charge in [-0.2, -0.15) is 0 Å². The Bertz CT molecular complexity index is 909. The van der Waals surface area contributed by atoms with Gasteiger partial charge in [0.05, 0.1) is 18.5 Å². The van der Waals surface area contributed by atoms with Crippen LogP contribution in [0, 0.1) is 11.2 Å². The summed E-state index contributed by atoms with van der Waals surface area (Å²) in [6.07, 6.45) is 3.52. The molecule has 3 rings (SSSR count). The lowest BCUT2D eigenvalue weighted by molar-refractivity contribution is -0.144. The molecule has 1 fully saturated rings. The first-order valence-electron chi connectivity index (χ1n) is 9.34. The molecule has 9 nitrogen and oxygen atoms in total. The molecule has 2 aromatic rings. The number of pyridine rings is 1. The summed E-state index contributed by atoms with van der Waals surface area (Å²) in [5.41, 5.74) is 0.253. The van der Waals surface area contributed by atoms with Crippen molar-refractivity contribution in [1.29, 1.82) is 0 Å². The Kier molecular flexibility index (Phi) is 5.65. The third-order valence-corrected chi connectivity index (χ3v) is 4.94. The van der Waals surface area contributed by atoms with Crippen LogP contribution in [0.15, 0.2) is 24.7 Å². The van der Waals surface area contributed by atoms with Crippen molar-refractivity contribution in [3.63, 3.8) is 0 Å². The number of β-amino-alcohol motifs (C(OH)–C–C–N with tert-alkyl or cyclic N) is 1. The fourth-order valence-electron chi connectivity index (χ4n) is 3.60. The molecule has 0 radical (unpaired) electrons. The van der Waals surface area contributed by atoms with E-state index in [0.717, 1.165) is 6.20 Å². The second-order valence-corrected chi connectivity index (χ2v) is 8.25. The Morgan fingerprint density at radius 2 is 2.07 bits per heavy atom. The number of halogens is 1. The normalized spacial score (nSPS) is 20.6. The first-order valence-corrected chi connectivity index (χ1v) is 9.34. The number of nitrogens with zero attached hydrogens (tertiary/aromatic N) is 5. The van der Waals surface area contributed by atoms with Gasteiger partial charge in [0.25, 0.3) is 0 Å². The number of aliphatic hydroxyl groups excluding tert-OH is 1. The van der Waals surface area contributed by atoms with Crippen LogP contribution in [0.5, 0.6) is 0 Å². The number of carbonyl (C=O) groups excluding carboxylic acids is 2. The largest absolute Gasteiger partial charge is 0.391 e. The quantitative estimate of drug-likeness (QED) is 0.778. The van der Waals surface area contributed by atoms with Gasteiger partial charge < -0.3 is 15.3 Å². The van der Waals surface area contributed by atoms with E-state index >= 15 is 0 Å². The predicted molar refractivity (Wildman–Crippen MR) is 102 cm³/mol. The molecule has 156 valence electrons. The second-order valence-electron chi connectivity index (χ2n) is 8.25. The summed E-state index contributed by atoms with van der Waals surface area (Å²) in [4.78, 5) is 30.9. The zero-order valence-electron chi connectivity index (χ0n) is 16.8. The number of likely N-dealkylation sites (tertiary alicyclic amines) is 1. The van der Waals surface area contributed by atoms with Crippen LogP contribution < -0.4 is 5.32 Å². The van der Waals surface area contributed by atoms with Crippen LogP contribution >= 0.6 is 0 Å². The molecule has 0 aromatic carbocycles. The smallest absolute Gasteiger partial charge is 0.248 e. The number of aliphatic hydroxyl groups is 1. The van der Waals surface area contributed by atoms with E-state index in [1.165, 1.54) is 28.9 Å². The molecular formula is C19H25FN6O3. The Balaban J connectivity index is 1.95. The van der Waals surface area contributed by atoms with E-state index in [1.807, 2.05) is 20.8 Å². The maximum absolute atomic E-state index is 13.5. The van der Waals surface area contributed by atoms with Gasteiger partial charge in [0.1, 0.15) is 23.6 Å². The van der Waals surface area contributed by atoms with Crippen LogP contribution in [0.1, 0.15) is 33.2 Å². The Hall–Kier alpha value is -2.88. The minimum atomic E-state index is -0.775. The highest BCUT2D eigenvalue weighted by Gasteiger charge is 2.45. The van der Waals surface area contributed by atoms with Gasteiger partial charge in [-0.3, -0.25) is 14.6 Å². The summed E-state index contributed by atoms with van der Waals surface area (Å²) in [5, 5.41) is 20.7. The van der Waals surface area contributed by atoms with Crippen LogP contribution in [0.4, 0.5) is 4.39 Å². The number of aromatic nitrogens is 4. The fraction of sp³-hybridized carbons (Fsp3) is 0.526. The van der Waals surface area contributed by atoms with Crippen molar-refractivity contribution < 1.29 is 19.1 Å². The topological polar surface area (TPSA) is 113 Å². The summed E-state index contributed by atoms with van der Waals surface area (Å²) in [6, 6.07) is -0.237. The minimum Gasteiger partial charge on any atom is -0.391 e. The molecule has 0 saturated carbocycles. The van der Waals surface area contributed by atoms with E-state index in [2.05, 4.69) is 20.6 Å². The molecule has 1 aliphatic heterocycles. The minimum absolute atomic E-state index is 0.0683. The molecule has 3 atom stereocenters. The molecule has 2 amide bonds. The molecular weight excluding hydrogens is 379 g/mol. The van der Waals surface area contributed by atoms with E-state index in [1.54, 1.807) is 6.20 Å². The molecule has 29 heavy (non-hydrogen) atoms. The van der Waals surface area contributed by atoms with E-state index in [0.29, 0.717) is 11.3 Å². The van der Waals surface area contributed by atoms with Crippen molar-refractivity contribution in [2.45, 2.75) is 45.4 Å². The predicted octanol–water partition coefficient (Wildman–Crippen LogP) is 0.774. The number of nitrogens with one attached hydrogen (secondary N) is 1. The molecule has 0 aliphatic carbocycles. The van der Waals surface area contributed by atoms with Gasteiger partial charge >= 0.3 is 0 Å².